The lowest BCUT2D eigenvalue weighted by molar-refractivity contribution is 0.0734. The first-order valence-corrected chi connectivity index (χ1v) is 11.1. The molecule has 0 heterocycles. The van der Waals surface area contributed by atoms with E-state index in [1.165, 1.54) is 0 Å². The van der Waals surface area contributed by atoms with Gasteiger partial charge in [0.2, 0.25) is 0 Å². The fraction of sp³-hybridized carbons (Fsp3) is 0.0385. The second kappa shape index (κ2) is 10.8. The number of nitrogens with one attached hydrogen (secondary N) is 2. The summed E-state index contributed by atoms with van der Waals surface area (Å²) in [7, 11) is 1.57. The van der Waals surface area contributed by atoms with Gasteiger partial charge in [0.15, 0.2) is 5.11 Å². The SMILES string of the molecule is COc1ccc(C(=O)Oc2ccc3ccccc3c2C=NNC(=S)Nc2cccc(Cl)c2)cc1. The van der Waals surface area contributed by atoms with E-state index in [2.05, 4.69) is 15.8 Å². The average Bonchev–Trinajstić information content (AvgIpc) is 2.85. The molecule has 0 bridgehead atoms. The van der Waals surface area contributed by atoms with Crippen LogP contribution in [0.3, 0.4) is 0 Å². The molecule has 0 aliphatic rings. The van der Waals surface area contributed by atoms with Gasteiger partial charge in [-0.05, 0) is 71.5 Å². The smallest absolute Gasteiger partial charge is 0.343 e. The molecule has 2 N–H and O–H groups in total. The van der Waals surface area contributed by atoms with E-state index in [1.807, 2.05) is 42.5 Å². The van der Waals surface area contributed by atoms with E-state index in [-0.39, 0.29) is 5.11 Å². The Labute approximate surface area is 207 Å². The van der Waals surface area contributed by atoms with E-state index >= 15 is 0 Å². The number of hydrazone groups is 1. The third kappa shape index (κ3) is 5.70. The van der Waals surface area contributed by atoms with Gasteiger partial charge in [-0.1, -0.05) is 48.0 Å². The number of rotatable bonds is 6. The van der Waals surface area contributed by atoms with Crippen LogP contribution in [0.1, 0.15) is 15.9 Å². The number of anilines is 1. The van der Waals surface area contributed by atoms with E-state index < -0.39 is 5.97 Å². The summed E-state index contributed by atoms with van der Waals surface area (Å²) in [6, 6.07) is 25.3. The molecule has 4 rings (SSSR count). The van der Waals surface area contributed by atoms with Crippen molar-refractivity contribution < 1.29 is 14.3 Å². The fourth-order valence-corrected chi connectivity index (χ4v) is 3.63. The zero-order chi connectivity index (χ0) is 23.9. The number of esters is 1. The van der Waals surface area contributed by atoms with Crippen LogP contribution in [0, 0.1) is 0 Å². The Morgan fingerprint density at radius 2 is 1.79 bits per heavy atom. The van der Waals surface area contributed by atoms with E-state index in [0.717, 1.165) is 16.5 Å². The number of halogens is 1. The Bertz CT molecular complexity index is 1370. The minimum atomic E-state index is -0.487. The molecular weight excluding hydrogens is 470 g/mol. The van der Waals surface area contributed by atoms with Gasteiger partial charge in [0.05, 0.1) is 18.9 Å². The molecule has 8 heteroatoms. The number of ether oxygens (including phenoxy) is 2. The minimum absolute atomic E-state index is 0.288. The van der Waals surface area contributed by atoms with Crippen molar-refractivity contribution in [3.63, 3.8) is 0 Å². The molecule has 0 spiro atoms. The van der Waals surface area contributed by atoms with Crippen LogP contribution in [-0.4, -0.2) is 24.4 Å². The van der Waals surface area contributed by atoms with Gasteiger partial charge in [-0.15, -0.1) is 0 Å². The predicted molar refractivity (Wildman–Crippen MR) is 140 cm³/mol. The lowest BCUT2D eigenvalue weighted by Gasteiger charge is -2.11. The van der Waals surface area contributed by atoms with Crippen LogP contribution in [0.4, 0.5) is 5.69 Å². The maximum absolute atomic E-state index is 12.8. The summed E-state index contributed by atoms with van der Waals surface area (Å²) >= 11 is 11.3. The molecule has 4 aromatic carbocycles. The van der Waals surface area contributed by atoms with E-state index in [0.29, 0.717) is 27.6 Å². The third-order valence-electron chi connectivity index (χ3n) is 4.90. The number of methoxy groups -OCH3 is 1. The number of thiocarbonyl (C=S) groups is 1. The van der Waals surface area contributed by atoms with Gasteiger partial charge in [-0.3, -0.25) is 5.43 Å². The molecule has 0 amide bonds. The molecule has 0 fully saturated rings. The number of hydrogen-bond donors (Lipinski definition) is 2. The van der Waals surface area contributed by atoms with Crippen molar-refractivity contribution in [2.45, 2.75) is 0 Å². The van der Waals surface area contributed by atoms with Crippen LogP contribution in [0.5, 0.6) is 11.5 Å². The molecule has 0 aromatic heterocycles. The highest BCUT2D eigenvalue weighted by atomic mass is 35.5. The van der Waals surface area contributed by atoms with Gasteiger partial charge in [0, 0.05) is 16.3 Å². The number of carbonyl (C=O) groups is 1. The zero-order valence-corrected chi connectivity index (χ0v) is 19.7. The van der Waals surface area contributed by atoms with Crippen LogP contribution in [0.15, 0.2) is 90.0 Å². The third-order valence-corrected chi connectivity index (χ3v) is 5.33. The second-order valence-corrected chi connectivity index (χ2v) is 8.00. The Hall–Kier alpha value is -3.94. The molecule has 0 radical (unpaired) electrons. The summed E-state index contributed by atoms with van der Waals surface area (Å²) in [6.07, 6.45) is 1.57. The summed E-state index contributed by atoms with van der Waals surface area (Å²) < 4.78 is 10.9. The van der Waals surface area contributed by atoms with Gasteiger partial charge < -0.3 is 14.8 Å². The van der Waals surface area contributed by atoms with Crippen LogP contribution in [0.25, 0.3) is 10.8 Å². The monoisotopic (exact) mass is 489 g/mol. The highest BCUT2D eigenvalue weighted by Crippen LogP contribution is 2.27. The molecule has 170 valence electrons. The van der Waals surface area contributed by atoms with Gasteiger partial charge in [-0.25, -0.2) is 4.79 Å². The number of nitrogens with zero attached hydrogens (tertiary/aromatic N) is 1. The van der Waals surface area contributed by atoms with Crippen molar-refractivity contribution in [2.75, 3.05) is 12.4 Å². The van der Waals surface area contributed by atoms with Crippen molar-refractivity contribution in [1.29, 1.82) is 0 Å². The second-order valence-electron chi connectivity index (χ2n) is 7.15. The normalized spacial score (nSPS) is 10.8. The summed E-state index contributed by atoms with van der Waals surface area (Å²) in [6.45, 7) is 0. The van der Waals surface area contributed by atoms with Crippen LogP contribution in [0.2, 0.25) is 5.02 Å². The van der Waals surface area contributed by atoms with Gasteiger partial charge in [0.1, 0.15) is 11.5 Å². The summed E-state index contributed by atoms with van der Waals surface area (Å²) in [5.41, 5.74) is 4.56. The van der Waals surface area contributed by atoms with Gasteiger partial charge >= 0.3 is 5.97 Å². The predicted octanol–water partition coefficient (Wildman–Crippen LogP) is 6.04. The molecule has 0 aliphatic heterocycles. The quantitative estimate of drug-likeness (QED) is 0.113. The number of hydrogen-bond acceptors (Lipinski definition) is 5. The molecule has 34 heavy (non-hydrogen) atoms. The zero-order valence-electron chi connectivity index (χ0n) is 18.1. The highest BCUT2D eigenvalue weighted by Gasteiger charge is 2.14. The van der Waals surface area contributed by atoms with Gasteiger partial charge in [0.25, 0.3) is 0 Å². The first-order valence-electron chi connectivity index (χ1n) is 10.3. The largest absolute Gasteiger partial charge is 0.497 e. The standard InChI is InChI=1S/C26H20ClN3O3S/c1-32-21-12-9-18(10-13-21)25(31)33-24-14-11-17-5-2-3-8-22(17)23(24)16-28-30-26(34)29-20-7-4-6-19(27)15-20/h2-16H,1H3,(H2,29,30,34). The Kier molecular flexibility index (Phi) is 7.37. The molecule has 6 nitrogen and oxygen atoms in total. The number of benzene rings is 4. The van der Waals surface area contributed by atoms with E-state index in [1.54, 1.807) is 55.8 Å². The summed E-state index contributed by atoms with van der Waals surface area (Å²) in [5.74, 6) is 0.543. The molecule has 0 unspecified atom stereocenters. The molecule has 4 aromatic rings. The lowest BCUT2D eigenvalue weighted by atomic mass is 10.0. The first kappa shape index (κ1) is 23.2. The van der Waals surface area contributed by atoms with Crippen molar-refractivity contribution in [1.82, 2.24) is 5.43 Å². The van der Waals surface area contributed by atoms with Crippen LogP contribution in [-0.2, 0) is 0 Å². The minimum Gasteiger partial charge on any atom is -0.497 e. The maximum Gasteiger partial charge on any atom is 0.343 e. The van der Waals surface area contributed by atoms with Crippen molar-refractivity contribution in [3.8, 4) is 11.5 Å². The Balaban J connectivity index is 1.55. The number of fused-ring (bicyclic) bond motifs is 1. The molecular formula is C26H20ClN3O3S. The summed E-state index contributed by atoms with van der Waals surface area (Å²) in [5, 5.41) is 10.0. The highest BCUT2D eigenvalue weighted by molar-refractivity contribution is 7.80. The fourth-order valence-electron chi connectivity index (χ4n) is 3.26. The first-order chi connectivity index (χ1) is 16.5. The van der Waals surface area contributed by atoms with Crippen molar-refractivity contribution in [3.05, 3.63) is 101 Å². The van der Waals surface area contributed by atoms with Gasteiger partial charge in [-0.2, -0.15) is 5.10 Å². The van der Waals surface area contributed by atoms with Crippen LogP contribution >= 0.6 is 23.8 Å². The van der Waals surface area contributed by atoms with Crippen molar-refractivity contribution >= 4 is 57.6 Å². The molecule has 0 saturated heterocycles. The van der Waals surface area contributed by atoms with Crippen molar-refractivity contribution in [2.24, 2.45) is 5.10 Å². The molecule has 0 saturated carbocycles. The maximum atomic E-state index is 12.8. The number of carbonyl (C=O) groups excluding carboxylic acids is 1. The Morgan fingerprint density at radius 1 is 1.00 bits per heavy atom. The van der Waals surface area contributed by atoms with Crippen LogP contribution < -0.4 is 20.2 Å². The molecule has 0 aliphatic carbocycles. The average molecular weight is 490 g/mol. The van der Waals surface area contributed by atoms with E-state index in [4.69, 9.17) is 33.3 Å². The van der Waals surface area contributed by atoms with E-state index in [9.17, 15) is 4.79 Å². The Morgan fingerprint density at radius 3 is 2.56 bits per heavy atom. The molecule has 0 atom stereocenters. The topological polar surface area (TPSA) is 72.0 Å². The lowest BCUT2D eigenvalue weighted by Crippen LogP contribution is -2.23. The summed E-state index contributed by atoms with van der Waals surface area (Å²) in [4.78, 5) is 12.8.